The molecule has 3 rings (SSSR count). The van der Waals surface area contributed by atoms with E-state index in [0.29, 0.717) is 10.9 Å². The van der Waals surface area contributed by atoms with Gasteiger partial charge in [-0.1, -0.05) is 15.9 Å². The van der Waals surface area contributed by atoms with Gasteiger partial charge >= 0.3 is 0 Å². The molecular formula is C16H13BrN2O3S. The van der Waals surface area contributed by atoms with Gasteiger partial charge in [0.15, 0.2) is 10.9 Å². The number of ether oxygens (including phenoxy) is 1. The van der Waals surface area contributed by atoms with E-state index < -0.39 is 0 Å². The summed E-state index contributed by atoms with van der Waals surface area (Å²) in [4.78, 5) is 17.9. The Balaban J connectivity index is 1.63. The van der Waals surface area contributed by atoms with Gasteiger partial charge in [0.2, 0.25) is 0 Å². The molecule has 0 N–H and O–H groups in total. The second kappa shape index (κ2) is 6.97. The zero-order valence-corrected chi connectivity index (χ0v) is 14.6. The average molecular weight is 393 g/mol. The van der Waals surface area contributed by atoms with Gasteiger partial charge in [-0.3, -0.25) is 9.69 Å². The quantitative estimate of drug-likeness (QED) is 0.647. The van der Waals surface area contributed by atoms with Crippen molar-refractivity contribution in [2.75, 3.05) is 11.9 Å². The van der Waals surface area contributed by atoms with Crippen LogP contribution in [0.15, 0.2) is 56.9 Å². The third-order valence-electron chi connectivity index (χ3n) is 3.08. The third-order valence-corrected chi connectivity index (χ3v) is 4.45. The number of furan rings is 1. The Hall–Kier alpha value is -2.12. The second-order valence-corrected chi connectivity index (χ2v) is 6.48. The van der Waals surface area contributed by atoms with Gasteiger partial charge in [-0.2, -0.15) is 0 Å². The van der Waals surface area contributed by atoms with Gasteiger partial charge in [0, 0.05) is 23.1 Å². The van der Waals surface area contributed by atoms with E-state index in [0.717, 1.165) is 10.2 Å². The highest BCUT2D eigenvalue weighted by Crippen LogP contribution is 2.21. The molecule has 2 heterocycles. The van der Waals surface area contributed by atoms with Crippen molar-refractivity contribution in [2.24, 2.45) is 0 Å². The number of hydrogen-bond acceptors (Lipinski definition) is 5. The summed E-state index contributed by atoms with van der Waals surface area (Å²) in [7, 11) is 1.67. The Bertz CT molecular complexity index is 784. The van der Waals surface area contributed by atoms with Crippen LogP contribution in [0.4, 0.5) is 5.13 Å². The molecule has 7 heteroatoms. The fourth-order valence-electron chi connectivity index (χ4n) is 1.89. The zero-order valence-electron chi connectivity index (χ0n) is 12.2. The van der Waals surface area contributed by atoms with Crippen LogP contribution in [-0.4, -0.2) is 17.9 Å². The molecule has 0 saturated carbocycles. The summed E-state index contributed by atoms with van der Waals surface area (Å²) in [6.07, 6.45) is 1.66. The zero-order chi connectivity index (χ0) is 16.2. The molecule has 118 valence electrons. The molecule has 0 aliphatic carbocycles. The first-order valence-electron chi connectivity index (χ1n) is 6.78. The molecular weight excluding hydrogens is 380 g/mol. The number of amides is 1. The normalized spacial score (nSPS) is 10.5. The maximum absolute atomic E-state index is 12.3. The Kier molecular flexibility index (Phi) is 4.78. The van der Waals surface area contributed by atoms with Crippen LogP contribution in [0.2, 0.25) is 0 Å². The van der Waals surface area contributed by atoms with Crippen LogP contribution in [0.1, 0.15) is 16.3 Å². The first-order chi connectivity index (χ1) is 11.1. The van der Waals surface area contributed by atoms with E-state index >= 15 is 0 Å². The van der Waals surface area contributed by atoms with E-state index in [-0.39, 0.29) is 18.3 Å². The fourth-order valence-corrected chi connectivity index (χ4v) is 2.76. The summed E-state index contributed by atoms with van der Waals surface area (Å²) >= 11 is 4.76. The standard InChI is InChI=1S/C16H13BrN2O3S/c1-19(16-18-8-9-23-16)15(20)14-7-6-13(22-14)10-21-12-4-2-11(17)3-5-12/h2-9H,10H2,1H3. The first-order valence-corrected chi connectivity index (χ1v) is 8.45. The van der Waals surface area contributed by atoms with Gasteiger partial charge in [-0.05, 0) is 36.4 Å². The number of aromatic nitrogens is 1. The van der Waals surface area contributed by atoms with Crippen molar-refractivity contribution in [1.29, 1.82) is 0 Å². The maximum atomic E-state index is 12.3. The average Bonchev–Trinajstić information content (AvgIpc) is 3.24. The molecule has 1 amide bonds. The van der Waals surface area contributed by atoms with Crippen LogP contribution in [0, 0.1) is 0 Å². The minimum absolute atomic E-state index is 0.241. The van der Waals surface area contributed by atoms with Crippen LogP contribution in [0.5, 0.6) is 5.75 Å². The van der Waals surface area contributed by atoms with Crippen LogP contribution in [0.25, 0.3) is 0 Å². The van der Waals surface area contributed by atoms with E-state index in [1.54, 1.807) is 25.4 Å². The predicted molar refractivity (Wildman–Crippen MR) is 92.0 cm³/mol. The molecule has 0 saturated heterocycles. The van der Waals surface area contributed by atoms with Crippen LogP contribution < -0.4 is 9.64 Å². The topological polar surface area (TPSA) is 55.6 Å². The van der Waals surface area contributed by atoms with E-state index in [4.69, 9.17) is 9.15 Å². The number of hydrogen-bond donors (Lipinski definition) is 0. The molecule has 5 nitrogen and oxygen atoms in total. The third kappa shape index (κ3) is 3.80. The number of thiazole rings is 1. The van der Waals surface area contributed by atoms with Crippen molar-refractivity contribution >= 4 is 38.3 Å². The Labute approximate surface area is 145 Å². The van der Waals surface area contributed by atoms with Gasteiger partial charge in [-0.25, -0.2) is 4.98 Å². The lowest BCUT2D eigenvalue weighted by molar-refractivity contribution is 0.0962. The largest absolute Gasteiger partial charge is 0.486 e. The van der Waals surface area contributed by atoms with E-state index in [9.17, 15) is 4.79 Å². The molecule has 0 aliphatic rings. The van der Waals surface area contributed by atoms with Crippen molar-refractivity contribution in [3.8, 4) is 5.75 Å². The summed E-state index contributed by atoms with van der Waals surface area (Å²) in [5.41, 5.74) is 0. The summed E-state index contributed by atoms with van der Waals surface area (Å²) < 4.78 is 12.2. The van der Waals surface area contributed by atoms with Gasteiger partial charge < -0.3 is 9.15 Å². The van der Waals surface area contributed by atoms with E-state index in [2.05, 4.69) is 20.9 Å². The highest BCUT2D eigenvalue weighted by molar-refractivity contribution is 9.10. The molecule has 0 aliphatic heterocycles. The van der Waals surface area contributed by atoms with Crippen LogP contribution in [0.3, 0.4) is 0 Å². The Morgan fingerprint density at radius 3 is 2.78 bits per heavy atom. The first kappa shape index (κ1) is 15.8. The second-order valence-electron chi connectivity index (χ2n) is 4.69. The SMILES string of the molecule is CN(C(=O)c1ccc(COc2ccc(Br)cc2)o1)c1nccs1. The molecule has 0 fully saturated rings. The van der Waals surface area contributed by atoms with Gasteiger partial charge in [0.25, 0.3) is 5.91 Å². The number of halogens is 1. The lowest BCUT2D eigenvalue weighted by atomic mass is 10.3. The smallest absolute Gasteiger partial charge is 0.295 e. The Morgan fingerprint density at radius 1 is 1.30 bits per heavy atom. The number of rotatable bonds is 5. The van der Waals surface area contributed by atoms with E-state index in [1.165, 1.54) is 16.2 Å². The van der Waals surface area contributed by atoms with Crippen LogP contribution >= 0.6 is 27.3 Å². The number of carbonyl (C=O) groups excluding carboxylic acids is 1. The number of carbonyl (C=O) groups is 1. The highest BCUT2D eigenvalue weighted by atomic mass is 79.9. The molecule has 0 spiro atoms. The molecule has 0 bridgehead atoms. The number of benzene rings is 1. The summed E-state index contributed by atoms with van der Waals surface area (Å²) in [6.45, 7) is 0.260. The predicted octanol–water partition coefficient (Wildman–Crippen LogP) is 4.35. The molecule has 1 aromatic carbocycles. The fraction of sp³-hybridized carbons (Fsp3) is 0.125. The minimum atomic E-state index is -0.241. The molecule has 3 aromatic rings. The molecule has 2 aromatic heterocycles. The number of nitrogens with zero attached hydrogens (tertiary/aromatic N) is 2. The lowest BCUT2D eigenvalue weighted by Crippen LogP contribution is -2.25. The van der Waals surface area contributed by atoms with Crippen molar-refractivity contribution in [3.05, 3.63) is 64.0 Å². The van der Waals surface area contributed by atoms with E-state index in [1.807, 2.05) is 29.6 Å². The molecule has 23 heavy (non-hydrogen) atoms. The molecule has 0 atom stereocenters. The summed E-state index contributed by atoms with van der Waals surface area (Å²) in [6, 6.07) is 10.9. The number of anilines is 1. The van der Waals surface area contributed by atoms with Gasteiger partial charge in [0.1, 0.15) is 18.1 Å². The van der Waals surface area contributed by atoms with Crippen molar-refractivity contribution < 1.29 is 13.9 Å². The van der Waals surface area contributed by atoms with Gasteiger partial charge in [-0.15, -0.1) is 11.3 Å². The summed E-state index contributed by atoms with van der Waals surface area (Å²) in [5.74, 6) is 1.34. The van der Waals surface area contributed by atoms with Crippen LogP contribution in [-0.2, 0) is 6.61 Å². The molecule has 0 unspecified atom stereocenters. The van der Waals surface area contributed by atoms with Gasteiger partial charge in [0.05, 0.1) is 0 Å². The van der Waals surface area contributed by atoms with Crippen molar-refractivity contribution in [1.82, 2.24) is 4.98 Å². The lowest BCUT2D eigenvalue weighted by Gasteiger charge is -2.11. The van der Waals surface area contributed by atoms with Crippen molar-refractivity contribution in [3.63, 3.8) is 0 Å². The molecule has 0 radical (unpaired) electrons. The monoisotopic (exact) mass is 392 g/mol. The Morgan fingerprint density at radius 2 is 2.09 bits per heavy atom. The highest BCUT2D eigenvalue weighted by Gasteiger charge is 2.19. The summed E-state index contributed by atoms with van der Waals surface area (Å²) in [5, 5.41) is 2.44. The maximum Gasteiger partial charge on any atom is 0.295 e. The minimum Gasteiger partial charge on any atom is -0.486 e. The van der Waals surface area contributed by atoms with Crippen molar-refractivity contribution in [2.45, 2.75) is 6.61 Å².